The van der Waals surface area contributed by atoms with E-state index < -0.39 is 0 Å². The number of rotatable bonds is 6. The zero-order valence-corrected chi connectivity index (χ0v) is 14.4. The maximum atomic E-state index is 5.79. The normalized spacial score (nSPS) is 10.4. The van der Waals surface area contributed by atoms with E-state index in [1.807, 2.05) is 12.1 Å². The molecule has 7 heteroatoms. The first-order chi connectivity index (χ1) is 12.2. The van der Waals surface area contributed by atoms with Crippen molar-refractivity contribution in [1.82, 2.24) is 10.2 Å². The van der Waals surface area contributed by atoms with Crippen LogP contribution < -0.4 is 18.9 Å². The molecule has 0 unspecified atom stereocenters. The van der Waals surface area contributed by atoms with Gasteiger partial charge in [-0.15, -0.1) is 10.2 Å². The third kappa shape index (κ3) is 3.21. The molecule has 3 aromatic rings. The number of ether oxygens (including phenoxy) is 4. The minimum Gasteiger partial charge on any atom is -0.493 e. The highest BCUT2D eigenvalue weighted by molar-refractivity contribution is 5.63. The second-order valence-electron chi connectivity index (χ2n) is 5.05. The van der Waals surface area contributed by atoms with E-state index >= 15 is 0 Å². The second kappa shape index (κ2) is 7.12. The van der Waals surface area contributed by atoms with Crippen LogP contribution in [0.4, 0.5) is 0 Å². The van der Waals surface area contributed by atoms with Gasteiger partial charge in [-0.05, 0) is 36.4 Å². The van der Waals surface area contributed by atoms with Gasteiger partial charge in [0.15, 0.2) is 23.0 Å². The molecular formula is C18H18N2O5. The van der Waals surface area contributed by atoms with Gasteiger partial charge in [-0.25, -0.2) is 0 Å². The highest BCUT2D eigenvalue weighted by atomic mass is 16.5. The molecule has 3 rings (SSSR count). The molecule has 0 N–H and O–H groups in total. The lowest BCUT2D eigenvalue weighted by atomic mass is 10.2. The monoisotopic (exact) mass is 342 g/mol. The van der Waals surface area contributed by atoms with Gasteiger partial charge in [0, 0.05) is 11.1 Å². The molecular weight excluding hydrogens is 324 g/mol. The van der Waals surface area contributed by atoms with E-state index in [4.69, 9.17) is 23.4 Å². The van der Waals surface area contributed by atoms with Gasteiger partial charge < -0.3 is 23.4 Å². The molecule has 130 valence electrons. The Morgan fingerprint density at radius 3 is 1.36 bits per heavy atom. The summed E-state index contributed by atoms with van der Waals surface area (Å²) in [4.78, 5) is 0. The number of benzene rings is 2. The summed E-state index contributed by atoms with van der Waals surface area (Å²) in [6, 6.07) is 10.8. The van der Waals surface area contributed by atoms with Crippen molar-refractivity contribution in [3.8, 4) is 45.9 Å². The van der Waals surface area contributed by atoms with Gasteiger partial charge in [-0.1, -0.05) is 0 Å². The maximum Gasteiger partial charge on any atom is 0.248 e. The Labute approximate surface area is 145 Å². The number of aromatic nitrogens is 2. The standard InChI is InChI=1S/C18H18N2O5/c1-21-13-7-5-11(9-15(13)23-3)17-19-20-18(25-17)12-6-8-14(22-2)16(10-12)24-4/h5-10H,1-4H3. The van der Waals surface area contributed by atoms with Crippen LogP contribution in [0.25, 0.3) is 22.9 Å². The average molecular weight is 342 g/mol. The summed E-state index contributed by atoms with van der Waals surface area (Å²) in [5.41, 5.74) is 1.47. The highest BCUT2D eigenvalue weighted by Crippen LogP contribution is 2.35. The average Bonchev–Trinajstić information content (AvgIpc) is 3.17. The van der Waals surface area contributed by atoms with E-state index in [1.165, 1.54) is 0 Å². The molecule has 2 aromatic carbocycles. The van der Waals surface area contributed by atoms with Crippen LogP contribution in [0, 0.1) is 0 Å². The summed E-state index contributed by atoms with van der Waals surface area (Å²) in [7, 11) is 6.31. The maximum absolute atomic E-state index is 5.79. The Morgan fingerprint density at radius 1 is 0.600 bits per heavy atom. The van der Waals surface area contributed by atoms with Crippen LogP contribution in [0.5, 0.6) is 23.0 Å². The molecule has 0 fully saturated rings. The second-order valence-corrected chi connectivity index (χ2v) is 5.05. The summed E-state index contributed by atoms with van der Waals surface area (Å²) < 4.78 is 26.9. The van der Waals surface area contributed by atoms with Gasteiger partial charge in [0.05, 0.1) is 28.4 Å². The van der Waals surface area contributed by atoms with Gasteiger partial charge in [0.25, 0.3) is 0 Å². The Morgan fingerprint density at radius 2 is 1.00 bits per heavy atom. The van der Waals surface area contributed by atoms with Crippen LogP contribution in [0.2, 0.25) is 0 Å². The first-order valence-electron chi connectivity index (χ1n) is 7.48. The quantitative estimate of drug-likeness (QED) is 0.679. The molecule has 7 nitrogen and oxygen atoms in total. The minimum atomic E-state index is 0.380. The van der Waals surface area contributed by atoms with Crippen molar-refractivity contribution in [2.45, 2.75) is 0 Å². The van der Waals surface area contributed by atoms with Crippen molar-refractivity contribution in [2.24, 2.45) is 0 Å². The molecule has 1 aromatic heterocycles. The smallest absolute Gasteiger partial charge is 0.248 e. The van der Waals surface area contributed by atoms with Gasteiger partial charge in [-0.3, -0.25) is 0 Å². The Kier molecular flexibility index (Phi) is 4.74. The molecule has 1 heterocycles. The van der Waals surface area contributed by atoms with Crippen molar-refractivity contribution < 1.29 is 23.4 Å². The molecule has 0 bridgehead atoms. The molecule has 25 heavy (non-hydrogen) atoms. The summed E-state index contributed by atoms with van der Waals surface area (Å²) in [5.74, 6) is 3.20. The lowest BCUT2D eigenvalue weighted by Crippen LogP contribution is -1.90. The van der Waals surface area contributed by atoms with Gasteiger partial charge in [0.2, 0.25) is 11.8 Å². The van der Waals surface area contributed by atoms with Crippen molar-refractivity contribution in [3.63, 3.8) is 0 Å². The van der Waals surface area contributed by atoms with Crippen molar-refractivity contribution in [3.05, 3.63) is 36.4 Å². The number of nitrogens with zero attached hydrogens (tertiary/aromatic N) is 2. The third-order valence-corrected chi connectivity index (χ3v) is 3.69. The number of methoxy groups -OCH3 is 4. The third-order valence-electron chi connectivity index (χ3n) is 3.69. The van der Waals surface area contributed by atoms with E-state index in [9.17, 15) is 0 Å². The lowest BCUT2D eigenvalue weighted by Gasteiger charge is -2.08. The molecule has 0 spiro atoms. The Balaban J connectivity index is 1.95. The molecule has 0 aliphatic rings. The fourth-order valence-electron chi connectivity index (χ4n) is 2.40. The zero-order valence-electron chi connectivity index (χ0n) is 14.4. The predicted molar refractivity (Wildman–Crippen MR) is 91.4 cm³/mol. The first kappa shape index (κ1) is 16.6. The highest BCUT2D eigenvalue weighted by Gasteiger charge is 2.15. The zero-order chi connectivity index (χ0) is 17.8. The molecule has 0 atom stereocenters. The van der Waals surface area contributed by atoms with E-state index in [2.05, 4.69) is 10.2 Å². The van der Waals surface area contributed by atoms with Crippen LogP contribution in [-0.4, -0.2) is 38.6 Å². The van der Waals surface area contributed by atoms with Crippen LogP contribution in [-0.2, 0) is 0 Å². The van der Waals surface area contributed by atoms with Crippen LogP contribution in [0.3, 0.4) is 0 Å². The molecule has 0 saturated carbocycles. The first-order valence-corrected chi connectivity index (χ1v) is 7.48. The largest absolute Gasteiger partial charge is 0.493 e. The van der Waals surface area contributed by atoms with E-state index in [-0.39, 0.29) is 0 Å². The molecule has 0 saturated heterocycles. The molecule has 0 amide bonds. The topological polar surface area (TPSA) is 75.8 Å². The lowest BCUT2D eigenvalue weighted by molar-refractivity contribution is 0.355. The predicted octanol–water partition coefficient (Wildman–Crippen LogP) is 3.44. The Hall–Kier alpha value is -3.22. The summed E-state index contributed by atoms with van der Waals surface area (Å²) in [5, 5.41) is 8.21. The summed E-state index contributed by atoms with van der Waals surface area (Å²) >= 11 is 0. The number of hydrogen-bond acceptors (Lipinski definition) is 7. The number of hydrogen-bond donors (Lipinski definition) is 0. The van der Waals surface area contributed by atoms with E-state index in [0.29, 0.717) is 34.8 Å². The van der Waals surface area contributed by atoms with Gasteiger partial charge in [0.1, 0.15) is 0 Å². The minimum absolute atomic E-state index is 0.380. The van der Waals surface area contributed by atoms with E-state index in [1.54, 1.807) is 52.7 Å². The van der Waals surface area contributed by atoms with E-state index in [0.717, 1.165) is 11.1 Å². The van der Waals surface area contributed by atoms with Crippen LogP contribution >= 0.6 is 0 Å². The fraction of sp³-hybridized carbons (Fsp3) is 0.222. The SMILES string of the molecule is COc1ccc(-c2nnc(-c3ccc(OC)c(OC)c3)o2)cc1OC. The molecule has 0 aliphatic heterocycles. The van der Waals surface area contributed by atoms with Crippen molar-refractivity contribution in [1.29, 1.82) is 0 Å². The van der Waals surface area contributed by atoms with Gasteiger partial charge in [-0.2, -0.15) is 0 Å². The molecule has 0 aliphatic carbocycles. The molecule has 0 radical (unpaired) electrons. The van der Waals surface area contributed by atoms with Crippen molar-refractivity contribution >= 4 is 0 Å². The summed E-state index contributed by atoms with van der Waals surface area (Å²) in [6.07, 6.45) is 0. The van der Waals surface area contributed by atoms with Crippen LogP contribution in [0.1, 0.15) is 0 Å². The van der Waals surface area contributed by atoms with Gasteiger partial charge >= 0.3 is 0 Å². The Bertz CT molecular complexity index is 806. The van der Waals surface area contributed by atoms with Crippen molar-refractivity contribution in [2.75, 3.05) is 28.4 Å². The fourth-order valence-corrected chi connectivity index (χ4v) is 2.40. The summed E-state index contributed by atoms with van der Waals surface area (Å²) in [6.45, 7) is 0. The van der Waals surface area contributed by atoms with Crippen LogP contribution in [0.15, 0.2) is 40.8 Å².